The molecule has 0 amide bonds. The molecule has 5 saturated heterocycles. The Bertz CT molecular complexity index is 1530. The summed E-state index contributed by atoms with van der Waals surface area (Å²) < 4.78 is 5.08. The number of nitrogens with zero attached hydrogens (tertiary/aromatic N) is 10. The standard InChI is InChI=1S/C15H30N2.C14H28N2.C14H30N2.C13H28N2.C11H24N2O/c1-14(2,3)17-10-8-16(9-11-17)13-6-7-15(4,5)12-13;1-12-5-6-13(11-12)15-7-9-16(10-8-15)14(2,3)4;1-6-7-8-13(2)15-9-11-16(12-10-15)14(3,4)5;1-6-12(2)11-14-7-9-15(10-8-14)13(3,4)5;1-11(2,3)13-7-5-12(6-8-13)9-10-14-4/h13H,6-12H2,1-5H3;12-13H,5-11H2,1-4H3;13H,6-12H2,1-5H3;12H,6-11H2,1-5H3;5-10H2,1-4H3. The lowest BCUT2D eigenvalue weighted by Gasteiger charge is -2.44. The second-order valence-electron chi connectivity index (χ2n) is 31.7. The Morgan fingerprint density at radius 2 is 0.872 bits per heavy atom. The van der Waals surface area contributed by atoms with Gasteiger partial charge in [-0.15, -0.1) is 0 Å². The molecule has 7 fully saturated rings. The quantitative estimate of drug-likeness (QED) is 0.188. The van der Waals surface area contributed by atoms with Crippen LogP contribution in [0.3, 0.4) is 0 Å². The van der Waals surface area contributed by atoms with E-state index in [1.165, 1.54) is 202 Å². The summed E-state index contributed by atoms with van der Waals surface area (Å²) in [5.74, 6) is 1.82. The van der Waals surface area contributed by atoms with Crippen molar-refractivity contribution in [3.63, 3.8) is 0 Å². The van der Waals surface area contributed by atoms with E-state index in [1.807, 2.05) is 0 Å². The van der Waals surface area contributed by atoms with Crippen LogP contribution in [0.15, 0.2) is 0 Å². The van der Waals surface area contributed by atoms with Crippen molar-refractivity contribution in [2.45, 2.75) is 262 Å². The Labute approximate surface area is 489 Å². The SMILES string of the molecule is CC1(C)CCC(N2CCN(C(C)(C)C)CC2)C1.CC1CCC(N2CCN(C(C)(C)C)CC2)C1.CCC(C)CN1CCN(C(C)(C)C)CC1.CCCCC(C)N1CCN(C(C)(C)C)CC1.COCCN1CCN(C(C)(C)C)CC1. The third-order valence-electron chi connectivity index (χ3n) is 19.6. The van der Waals surface area contributed by atoms with Gasteiger partial charge in [-0.1, -0.05) is 60.8 Å². The fourth-order valence-electron chi connectivity index (χ4n) is 13.3. The fourth-order valence-corrected chi connectivity index (χ4v) is 13.3. The van der Waals surface area contributed by atoms with Crippen molar-refractivity contribution in [2.75, 3.05) is 158 Å². The molecule has 0 spiro atoms. The topological polar surface area (TPSA) is 41.6 Å². The monoisotopic (exact) mass is 1100 g/mol. The van der Waals surface area contributed by atoms with Gasteiger partial charge in [-0.25, -0.2) is 0 Å². The first-order chi connectivity index (χ1) is 36.2. The van der Waals surface area contributed by atoms with Crippen LogP contribution < -0.4 is 0 Å². The van der Waals surface area contributed by atoms with Gasteiger partial charge >= 0.3 is 0 Å². The zero-order valence-electron chi connectivity index (χ0n) is 57.1. The minimum absolute atomic E-state index is 0.327. The third-order valence-corrected chi connectivity index (χ3v) is 19.6. The van der Waals surface area contributed by atoms with Crippen LogP contribution in [0.4, 0.5) is 0 Å². The molecule has 0 radical (unpaired) electrons. The molecule has 0 aromatic heterocycles. The Balaban J connectivity index is 0.000000257. The summed E-state index contributed by atoms with van der Waals surface area (Å²) in [5.41, 5.74) is 2.32. The molecule has 7 aliphatic rings. The van der Waals surface area contributed by atoms with Crippen molar-refractivity contribution in [3.05, 3.63) is 0 Å². The van der Waals surface area contributed by atoms with Crippen LogP contribution in [0.1, 0.15) is 217 Å². The Hall–Kier alpha value is -0.440. The maximum absolute atomic E-state index is 5.08. The second kappa shape index (κ2) is 33.3. The van der Waals surface area contributed by atoms with E-state index >= 15 is 0 Å². The van der Waals surface area contributed by atoms with Gasteiger partial charge in [0.25, 0.3) is 0 Å². The van der Waals surface area contributed by atoms with Crippen molar-refractivity contribution in [3.8, 4) is 0 Å². The molecular weight excluding hydrogens is 961 g/mol. The van der Waals surface area contributed by atoms with Crippen molar-refractivity contribution >= 4 is 0 Å². The van der Waals surface area contributed by atoms with Crippen molar-refractivity contribution in [1.82, 2.24) is 49.0 Å². The number of hydrogen-bond acceptors (Lipinski definition) is 11. The molecular formula is C67H140N10O. The summed E-state index contributed by atoms with van der Waals surface area (Å²) in [4.78, 5) is 26.3. The van der Waals surface area contributed by atoms with Crippen molar-refractivity contribution in [2.24, 2.45) is 17.3 Å². The van der Waals surface area contributed by atoms with E-state index in [0.717, 1.165) is 43.1 Å². The molecule has 7 rings (SSSR count). The number of unbranched alkanes of at least 4 members (excludes halogenated alkanes) is 1. The largest absolute Gasteiger partial charge is 0.383 e. The zero-order chi connectivity index (χ0) is 58.7. The first kappa shape index (κ1) is 71.8. The van der Waals surface area contributed by atoms with Gasteiger partial charge < -0.3 is 9.64 Å². The normalized spacial score (nSPS) is 26.9. The third kappa shape index (κ3) is 26.6. The minimum Gasteiger partial charge on any atom is -0.383 e. The maximum Gasteiger partial charge on any atom is 0.0589 e. The van der Waals surface area contributed by atoms with Crippen molar-refractivity contribution in [1.29, 1.82) is 0 Å². The predicted molar refractivity (Wildman–Crippen MR) is 343 cm³/mol. The van der Waals surface area contributed by atoms with Gasteiger partial charge in [-0.2, -0.15) is 0 Å². The van der Waals surface area contributed by atoms with E-state index in [1.54, 1.807) is 7.11 Å². The van der Waals surface area contributed by atoms with Gasteiger partial charge in [0.1, 0.15) is 0 Å². The van der Waals surface area contributed by atoms with Crippen LogP contribution in [-0.4, -0.2) is 253 Å². The number of methoxy groups -OCH3 is 1. The molecule has 11 heteroatoms. The molecule has 0 bridgehead atoms. The first-order valence-corrected chi connectivity index (χ1v) is 33.1. The number of ether oxygens (including phenoxy) is 1. The van der Waals surface area contributed by atoms with E-state index in [2.05, 4.69) is 201 Å². The minimum atomic E-state index is 0.327. The van der Waals surface area contributed by atoms with E-state index in [4.69, 9.17) is 4.74 Å². The van der Waals surface area contributed by atoms with Crippen LogP contribution >= 0.6 is 0 Å². The molecule has 0 aromatic rings. The van der Waals surface area contributed by atoms with Gasteiger partial charge in [0.15, 0.2) is 0 Å². The molecule has 5 atom stereocenters. The van der Waals surface area contributed by atoms with Crippen LogP contribution in [0, 0.1) is 17.3 Å². The highest BCUT2D eigenvalue weighted by atomic mass is 16.5. The van der Waals surface area contributed by atoms with Crippen LogP contribution in [0.25, 0.3) is 0 Å². The number of piperazine rings is 5. The summed E-state index contributed by atoms with van der Waals surface area (Å²) in [6, 6.07) is 2.55. The second-order valence-corrected chi connectivity index (χ2v) is 31.7. The molecule has 5 unspecified atom stereocenters. The smallest absolute Gasteiger partial charge is 0.0589 e. The lowest BCUT2D eigenvalue weighted by molar-refractivity contribution is 0.0412. The van der Waals surface area contributed by atoms with Crippen LogP contribution in [-0.2, 0) is 4.74 Å². The molecule has 464 valence electrons. The van der Waals surface area contributed by atoms with Gasteiger partial charge in [0.2, 0.25) is 0 Å². The maximum atomic E-state index is 5.08. The molecule has 78 heavy (non-hydrogen) atoms. The molecule has 0 N–H and O–H groups in total. The predicted octanol–water partition coefficient (Wildman–Crippen LogP) is 12.1. The van der Waals surface area contributed by atoms with Gasteiger partial charge in [-0.05, 0) is 173 Å². The number of rotatable bonds is 12. The lowest BCUT2D eigenvalue weighted by Crippen LogP contribution is -2.55. The summed E-state index contributed by atoms with van der Waals surface area (Å²) in [6.45, 7) is 79.4. The zero-order valence-corrected chi connectivity index (χ0v) is 57.1. The van der Waals surface area contributed by atoms with Crippen LogP contribution in [0.5, 0.6) is 0 Å². The van der Waals surface area contributed by atoms with E-state index in [0.29, 0.717) is 33.1 Å². The number of hydrogen-bond donors (Lipinski definition) is 0. The highest BCUT2D eigenvalue weighted by Crippen LogP contribution is 2.40. The molecule has 2 saturated carbocycles. The van der Waals surface area contributed by atoms with E-state index in [-0.39, 0.29) is 0 Å². The lowest BCUT2D eigenvalue weighted by atomic mass is 9.91. The summed E-state index contributed by atoms with van der Waals surface area (Å²) in [5, 5.41) is 0. The molecule has 5 heterocycles. The Morgan fingerprint density at radius 3 is 1.21 bits per heavy atom. The van der Waals surface area contributed by atoms with Crippen LogP contribution in [0.2, 0.25) is 0 Å². The average molecular weight is 1100 g/mol. The molecule has 11 nitrogen and oxygen atoms in total. The Morgan fingerprint density at radius 1 is 0.487 bits per heavy atom. The van der Waals surface area contributed by atoms with E-state index < -0.39 is 0 Å². The summed E-state index contributed by atoms with van der Waals surface area (Å²) in [7, 11) is 1.77. The van der Waals surface area contributed by atoms with E-state index in [9.17, 15) is 0 Å². The first-order valence-electron chi connectivity index (χ1n) is 33.1. The van der Waals surface area contributed by atoms with Gasteiger partial charge in [-0.3, -0.25) is 44.1 Å². The highest BCUT2D eigenvalue weighted by molar-refractivity contribution is 4.93. The molecule has 2 aliphatic carbocycles. The highest BCUT2D eigenvalue weighted by Gasteiger charge is 2.37. The molecule has 5 aliphatic heterocycles. The average Bonchev–Trinajstić information content (AvgIpc) is 3.99. The van der Waals surface area contributed by atoms with Gasteiger partial charge in [0.05, 0.1) is 6.61 Å². The summed E-state index contributed by atoms with van der Waals surface area (Å²) >= 11 is 0. The molecule has 0 aromatic carbocycles. The van der Waals surface area contributed by atoms with Crippen molar-refractivity contribution < 1.29 is 4.74 Å². The van der Waals surface area contributed by atoms with Gasteiger partial charge in [0, 0.05) is 197 Å². The summed E-state index contributed by atoms with van der Waals surface area (Å²) in [6.07, 6.45) is 13.9. The Kier molecular flexibility index (Phi) is 30.7. The fraction of sp³-hybridized carbons (Fsp3) is 1.00.